The molecule has 2 rings (SSSR count). The summed E-state index contributed by atoms with van der Waals surface area (Å²) in [4.78, 5) is 28.4. The molecule has 1 amide bonds. The highest BCUT2D eigenvalue weighted by Gasteiger charge is 2.18. The van der Waals surface area contributed by atoms with E-state index in [0.717, 1.165) is 11.3 Å². The van der Waals surface area contributed by atoms with Crippen LogP contribution in [-0.2, 0) is 4.74 Å². The van der Waals surface area contributed by atoms with Crippen LogP contribution >= 0.6 is 11.3 Å². The number of hydrogen-bond acceptors (Lipinski definition) is 7. The van der Waals surface area contributed by atoms with Gasteiger partial charge in [-0.15, -0.1) is 0 Å². The van der Waals surface area contributed by atoms with Crippen LogP contribution in [0.1, 0.15) is 25.7 Å². The van der Waals surface area contributed by atoms with Crippen molar-refractivity contribution < 1.29 is 23.8 Å². The summed E-state index contributed by atoms with van der Waals surface area (Å²) in [6, 6.07) is 4.81. The third-order valence-electron chi connectivity index (χ3n) is 3.03. The van der Waals surface area contributed by atoms with Crippen molar-refractivity contribution in [2.24, 2.45) is 0 Å². The largest absolute Gasteiger partial charge is 0.493 e. The molecule has 1 N–H and O–H groups in total. The molecular formula is C15H16N2O5S. The second-order valence-electron chi connectivity index (χ2n) is 4.45. The lowest BCUT2D eigenvalue weighted by Crippen LogP contribution is -2.12. The van der Waals surface area contributed by atoms with E-state index in [-0.39, 0.29) is 5.91 Å². The zero-order valence-corrected chi connectivity index (χ0v) is 13.9. The van der Waals surface area contributed by atoms with E-state index in [9.17, 15) is 9.59 Å². The maximum absolute atomic E-state index is 12.3. The van der Waals surface area contributed by atoms with Crippen LogP contribution in [0.5, 0.6) is 11.5 Å². The van der Waals surface area contributed by atoms with Gasteiger partial charge in [-0.05, 0) is 25.1 Å². The number of nitrogens with zero attached hydrogens (tertiary/aromatic N) is 1. The molecule has 0 unspecified atom stereocenters. The second-order valence-corrected chi connectivity index (χ2v) is 5.45. The number of anilines is 1. The van der Waals surface area contributed by atoms with Crippen LogP contribution in [0.3, 0.4) is 0 Å². The zero-order valence-electron chi connectivity index (χ0n) is 13.1. The molecule has 23 heavy (non-hydrogen) atoms. The first-order valence-corrected chi connectivity index (χ1v) is 7.41. The van der Waals surface area contributed by atoms with Crippen LogP contribution in [0.25, 0.3) is 0 Å². The van der Waals surface area contributed by atoms with Gasteiger partial charge in [-0.1, -0.05) is 11.3 Å². The van der Waals surface area contributed by atoms with Gasteiger partial charge in [0, 0.05) is 5.56 Å². The van der Waals surface area contributed by atoms with E-state index >= 15 is 0 Å². The maximum Gasteiger partial charge on any atom is 0.350 e. The maximum atomic E-state index is 12.3. The highest BCUT2D eigenvalue weighted by Crippen LogP contribution is 2.28. The molecule has 0 aliphatic rings. The van der Waals surface area contributed by atoms with Crippen molar-refractivity contribution in [3.05, 3.63) is 34.3 Å². The van der Waals surface area contributed by atoms with Crippen molar-refractivity contribution >= 4 is 28.3 Å². The number of rotatable bonds is 5. The Morgan fingerprint density at radius 2 is 1.83 bits per heavy atom. The topological polar surface area (TPSA) is 86.8 Å². The van der Waals surface area contributed by atoms with Gasteiger partial charge in [0.1, 0.15) is 4.88 Å². The van der Waals surface area contributed by atoms with E-state index in [0.29, 0.717) is 32.8 Å². The Morgan fingerprint density at radius 3 is 2.43 bits per heavy atom. The monoisotopic (exact) mass is 336 g/mol. The smallest absolute Gasteiger partial charge is 0.350 e. The number of nitrogens with one attached hydrogen (secondary N) is 1. The molecule has 1 aromatic heterocycles. The summed E-state index contributed by atoms with van der Waals surface area (Å²) in [7, 11) is 4.31. The van der Waals surface area contributed by atoms with E-state index in [2.05, 4.69) is 15.0 Å². The van der Waals surface area contributed by atoms with Crippen molar-refractivity contribution in [2.45, 2.75) is 6.92 Å². The van der Waals surface area contributed by atoms with Crippen LogP contribution in [0.15, 0.2) is 18.2 Å². The Balaban J connectivity index is 2.21. The van der Waals surface area contributed by atoms with Crippen LogP contribution in [0.4, 0.5) is 5.13 Å². The van der Waals surface area contributed by atoms with Gasteiger partial charge in [0.15, 0.2) is 16.6 Å². The summed E-state index contributed by atoms with van der Waals surface area (Å²) in [6.07, 6.45) is 0. The highest BCUT2D eigenvalue weighted by molar-refractivity contribution is 7.17. The van der Waals surface area contributed by atoms with Crippen molar-refractivity contribution in [1.82, 2.24) is 4.98 Å². The number of amides is 1. The van der Waals surface area contributed by atoms with E-state index < -0.39 is 5.97 Å². The molecule has 0 aliphatic carbocycles. The standard InChI is InChI=1S/C15H16N2O5S/c1-8-12(14(19)22-4)23-15(16-8)17-13(18)9-5-6-10(20-2)11(7-9)21-3/h5-7H,1-4H3,(H,16,17,18). The van der Waals surface area contributed by atoms with Gasteiger partial charge in [-0.3, -0.25) is 10.1 Å². The molecule has 7 nitrogen and oxygen atoms in total. The quantitative estimate of drug-likeness (QED) is 0.844. The lowest BCUT2D eigenvalue weighted by molar-refractivity contribution is 0.0605. The van der Waals surface area contributed by atoms with Crippen LogP contribution in [-0.4, -0.2) is 38.2 Å². The summed E-state index contributed by atoms with van der Waals surface area (Å²) >= 11 is 1.06. The van der Waals surface area contributed by atoms with Crippen molar-refractivity contribution in [1.29, 1.82) is 0 Å². The molecule has 0 saturated heterocycles. The fraction of sp³-hybridized carbons (Fsp3) is 0.267. The van der Waals surface area contributed by atoms with Crippen molar-refractivity contribution in [2.75, 3.05) is 26.6 Å². The summed E-state index contributed by atoms with van der Waals surface area (Å²) in [5.41, 5.74) is 0.889. The predicted octanol–water partition coefficient (Wildman–Crippen LogP) is 2.51. The SMILES string of the molecule is COC(=O)c1sc(NC(=O)c2ccc(OC)c(OC)c2)nc1C. The van der Waals surface area contributed by atoms with E-state index in [4.69, 9.17) is 9.47 Å². The van der Waals surface area contributed by atoms with Crippen LogP contribution < -0.4 is 14.8 Å². The van der Waals surface area contributed by atoms with Gasteiger partial charge < -0.3 is 14.2 Å². The Bertz CT molecular complexity index is 741. The average Bonchev–Trinajstić information content (AvgIpc) is 2.93. The number of carbonyl (C=O) groups is 2. The number of hydrogen-bond donors (Lipinski definition) is 1. The third kappa shape index (κ3) is 3.59. The van der Waals surface area contributed by atoms with Gasteiger partial charge in [0.05, 0.1) is 27.0 Å². The van der Waals surface area contributed by atoms with Crippen LogP contribution in [0.2, 0.25) is 0 Å². The zero-order chi connectivity index (χ0) is 17.0. The summed E-state index contributed by atoms with van der Waals surface area (Å²) in [5, 5.41) is 2.97. The number of ether oxygens (including phenoxy) is 3. The number of aryl methyl sites for hydroxylation is 1. The lowest BCUT2D eigenvalue weighted by atomic mass is 10.2. The molecule has 1 heterocycles. The number of methoxy groups -OCH3 is 3. The highest BCUT2D eigenvalue weighted by atomic mass is 32.1. The van der Waals surface area contributed by atoms with Gasteiger partial charge in [-0.2, -0.15) is 0 Å². The molecule has 0 bridgehead atoms. The first-order valence-electron chi connectivity index (χ1n) is 6.59. The Morgan fingerprint density at radius 1 is 1.13 bits per heavy atom. The average molecular weight is 336 g/mol. The molecule has 0 saturated carbocycles. The molecule has 8 heteroatoms. The fourth-order valence-electron chi connectivity index (χ4n) is 1.88. The minimum absolute atomic E-state index is 0.322. The molecule has 0 fully saturated rings. The minimum atomic E-state index is -0.480. The second kappa shape index (κ2) is 7.10. The summed E-state index contributed by atoms with van der Waals surface area (Å²) in [6.45, 7) is 1.68. The number of esters is 1. The first kappa shape index (κ1) is 16.8. The Labute approximate surface area is 137 Å². The Hall–Kier alpha value is -2.61. The van der Waals surface area contributed by atoms with Gasteiger partial charge >= 0.3 is 5.97 Å². The number of carbonyl (C=O) groups excluding carboxylic acids is 2. The van der Waals surface area contributed by atoms with E-state index in [1.807, 2.05) is 0 Å². The first-order chi connectivity index (χ1) is 11.0. The van der Waals surface area contributed by atoms with Gasteiger partial charge in [-0.25, -0.2) is 9.78 Å². The van der Waals surface area contributed by atoms with Gasteiger partial charge in [0.25, 0.3) is 5.91 Å². The normalized spacial score (nSPS) is 10.1. The van der Waals surface area contributed by atoms with Crippen molar-refractivity contribution in [3.63, 3.8) is 0 Å². The minimum Gasteiger partial charge on any atom is -0.493 e. The fourth-order valence-corrected chi connectivity index (χ4v) is 2.76. The van der Waals surface area contributed by atoms with E-state index in [1.54, 1.807) is 25.1 Å². The molecule has 0 radical (unpaired) electrons. The van der Waals surface area contributed by atoms with Crippen molar-refractivity contribution in [3.8, 4) is 11.5 Å². The predicted molar refractivity (Wildman–Crippen MR) is 85.7 cm³/mol. The summed E-state index contributed by atoms with van der Waals surface area (Å²) < 4.78 is 15.0. The molecule has 2 aromatic rings. The molecular weight excluding hydrogens is 320 g/mol. The van der Waals surface area contributed by atoms with Crippen LogP contribution in [0, 0.1) is 6.92 Å². The lowest BCUT2D eigenvalue weighted by Gasteiger charge is -2.09. The van der Waals surface area contributed by atoms with Gasteiger partial charge in [0.2, 0.25) is 0 Å². The number of benzene rings is 1. The Kier molecular flexibility index (Phi) is 5.17. The summed E-state index contributed by atoms with van der Waals surface area (Å²) in [5.74, 6) is 0.135. The number of aromatic nitrogens is 1. The van der Waals surface area contributed by atoms with E-state index in [1.165, 1.54) is 21.3 Å². The molecule has 122 valence electrons. The molecule has 0 aliphatic heterocycles. The molecule has 0 atom stereocenters. The molecule has 0 spiro atoms. The molecule has 1 aromatic carbocycles. The number of thiazole rings is 1. The third-order valence-corrected chi connectivity index (χ3v) is 4.09.